The molecular weight excluding hydrogens is 418 g/mol. The van der Waals surface area contributed by atoms with E-state index in [2.05, 4.69) is 34.5 Å². The summed E-state index contributed by atoms with van der Waals surface area (Å²) in [4.78, 5) is 9.64. The lowest BCUT2D eigenvalue weighted by Crippen LogP contribution is -2.50. The number of aliphatic hydroxyl groups excluding tert-OH is 1. The summed E-state index contributed by atoms with van der Waals surface area (Å²) < 4.78 is 7.06. The SMILES string of the molecule is OC(COc1ccc2sc(-c3ccccc3)nc2c1)CN1C[CH]N(C2CCCCC2)CC1. The number of rotatable bonds is 7. The van der Waals surface area contributed by atoms with Crippen LogP contribution in [0, 0.1) is 6.54 Å². The van der Waals surface area contributed by atoms with Gasteiger partial charge in [-0.3, -0.25) is 9.80 Å². The highest BCUT2D eigenvalue weighted by Crippen LogP contribution is 2.32. The zero-order valence-electron chi connectivity index (χ0n) is 18.5. The number of hydrogen-bond acceptors (Lipinski definition) is 6. The van der Waals surface area contributed by atoms with E-state index in [1.165, 1.54) is 32.1 Å². The average molecular weight is 451 g/mol. The summed E-state index contributed by atoms with van der Waals surface area (Å²) in [6, 6.07) is 17.0. The highest BCUT2D eigenvalue weighted by Gasteiger charge is 2.26. The van der Waals surface area contributed by atoms with E-state index in [-0.39, 0.29) is 0 Å². The van der Waals surface area contributed by atoms with Crippen LogP contribution in [0.15, 0.2) is 48.5 Å². The fraction of sp³-hybridized carbons (Fsp3) is 0.462. The van der Waals surface area contributed by atoms with Crippen LogP contribution >= 0.6 is 11.3 Å². The fourth-order valence-electron chi connectivity index (χ4n) is 4.81. The van der Waals surface area contributed by atoms with Crippen molar-refractivity contribution in [2.75, 3.05) is 32.8 Å². The van der Waals surface area contributed by atoms with Gasteiger partial charge in [-0.05, 0) is 25.0 Å². The Hall–Kier alpha value is -1.99. The lowest BCUT2D eigenvalue weighted by molar-refractivity contribution is 0.0463. The monoisotopic (exact) mass is 450 g/mol. The van der Waals surface area contributed by atoms with Crippen LogP contribution in [0.1, 0.15) is 32.1 Å². The third-order valence-electron chi connectivity index (χ3n) is 6.58. The lowest BCUT2D eigenvalue weighted by Gasteiger charge is -2.40. The van der Waals surface area contributed by atoms with Gasteiger partial charge in [0.1, 0.15) is 23.5 Å². The molecule has 0 bridgehead atoms. The van der Waals surface area contributed by atoms with E-state index < -0.39 is 6.10 Å². The van der Waals surface area contributed by atoms with Gasteiger partial charge in [0.15, 0.2) is 0 Å². The van der Waals surface area contributed by atoms with Crippen LogP contribution in [0.4, 0.5) is 0 Å². The van der Waals surface area contributed by atoms with Gasteiger partial charge in [0, 0.05) is 50.4 Å². The normalized spacial score (nSPS) is 19.9. The maximum Gasteiger partial charge on any atom is 0.124 e. The Morgan fingerprint density at radius 3 is 2.69 bits per heavy atom. The molecule has 5 nitrogen and oxygen atoms in total. The highest BCUT2D eigenvalue weighted by molar-refractivity contribution is 7.21. The Labute approximate surface area is 194 Å². The summed E-state index contributed by atoms with van der Waals surface area (Å²) >= 11 is 1.69. The third kappa shape index (κ3) is 5.31. The molecule has 2 aromatic carbocycles. The maximum absolute atomic E-state index is 10.5. The third-order valence-corrected chi connectivity index (χ3v) is 7.67. The Morgan fingerprint density at radius 2 is 1.91 bits per heavy atom. The second-order valence-corrected chi connectivity index (χ2v) is 9.98. The molecule has 6 heteroatoms. The predicted molar refractivity (Wildman–Crippen MR) is 131 cm³/mol. The standard InChI is InChI=1S/C26H32N3O2S/c30-22(18-28-13-15-29(16-14-28)21-9-5-2-6-10-21)19-31-23-11-12-25-24(17-23)27-26(32-25)20-7-3-1-4-8-20/h1,3-4,7-8,11-12,15,17,21-22,30H,2,5-6,9-10,13-14,16,18-19H2. The van der Waals surface area contributed by atoms with Crippen LogP contribution in [0.25, 0.3) is 20.8 Å². The van der Waals surface area contributed by atoms with Crippen molar-refractivity contribution in [3.05, 3.63) is 55.1 Å². The molecule has 1 aromatic heterocycles. The first-order valence-corrected chi connectivity index (χ1v) is 12.6. The van der Waals surface area contributed by atoms with Crippen LogP contribution in [-0.2, 0) is 0 Å². The van der Waals surface area contributed by atoms with E-state index in [4.69, 9.17) is 9.72 Å². The number of aromatic nitrogens is 1. The number of hydrogen-bond donors (Lipinski definition) is 1. The van der Waals surface area contributed by atoms with Crippen LogP contribution in [0.3, 0.4) is 0 Å². The number of nitrogens with zero attached hydrogens (tertiary/aromatic N) is 3. The van der Waals surface area contributed by atoms with Crippen molar-refractivity contribution in [1.29, 1.82) is 0 Å². The molecule has 0 spiro atoms. The van der Waals surface area contributed by atoms with Gasteiger partial charge in [-0.25, -0.2) is 4.98 Å². The molecule has 32 heavy (non-hydrogen) atoms. The average Bonchev–Trinajstić information content (AvgIpc) is 3.28. The minimum Gasteiger partial charge on any atom is -0.491 e. The first-order valence-electron chi connectivity index (χ1n) is 11.8. The second-order valence-electron chi connectivity index (χ2n) is 8.95. The van der Waals surface area contributed by atoms with Gasteiger partial charge in [-0.1, -0.05) is 49.6 Å². The van der Waals surface area contributed by atoms with Gasteiger partial charge in [0.2, 0.25) is 0 Å². The molecule has 1 atom stereocenters. The van der Waals surface area contributed by atoms with Crippen LogP contribution in [0.5, 0.6) is 5.75 Å². The molecule has 1 aliphatic carbocycles. The molecule has 2 fully saturated rings. The van der Waals surface area contributed by atoms with Crippen molar-refractivity contribution >= 4 is 21.6 Å². The molecule has 169 valence electrons. The topological polar surface area (TPSA) is 48.8 Å². The number of ether oxygens (including phenoxy) is 1. The number of thiazole rings is 1. The molecule has 3 aromatic rings. The summed E-state index contributed by atoms with van der Waals surface area (Å²) in [5.74, 6) is 0.759. The van der Waals surface area contributed by atoms with Crippen molar-refractivity contribution in [3.8, 4) is 16.3 Å². The van der Waals surface area contributed by atoms with Crippen molar-refractivity contribution in [2.45, 2.75) is 44.2 Å². The van der Waals surface area contributed by atoms with Crippen LogP contribution < -0.4 is 4.74 Å². The molecule has 2 aliphatic rings. The van der Waals surface area contributed by atoms with Crippen molar-refractivity contribution in [2.24, 2.45) is 0 Å². The second kappa shape index (κ2) is 10.3. The summed E-state index contributed by atoms with van der Waals surface area (Å²) in [7, 11) is 0. The zero-order chi connectivity index (χ0) is 21.8. The molecule has 1 N–H and O–H groups in total. The van der Waals surface area contributed by atoms with Crippen LogP contribution in [0.2, 0.25) is 0 Å². The van der Waals surface area contributed by atoms with Crippen molar-refractivity contribution in [1.82, 2.24) is 14.8 Å². The maximum atomic E-state index is 10.5. The number of β-amino-alcohol motifs (C(OH)–C–C–N with tert-alkyl or cyclic N) is 1. The van der Waals surface area contributed by atoms with E-state index in [0.29, 0.717) is 13.2 Å². The zero-order valence-corrected chi connectivity index (χ0v) is 19.3. The smallest absolute Gasteiger partial charge is 0.124 e. The van der Waals surface area contributed by atoms with Gasteiger partial charge in [0.25, 0.3) is 0 Å². The van der Waals surface area contributed by atoms with E-state index in [1.807, 2.05) is 30.3 Å². The van der Waals surface area contributed by atoms with E-state index in [0.717, 1.165) is 52.2 Å². The van der Waals surface area contributed by atoms with Gasteiger partial charge in [0.05, 0.1) is 10.2 Å². The van der Waals surface area contributed by atoms with Gasteiger partial charge >= 0.3 is 0 Å². The lowest BCUT2D eigenvalue weighted by atomic mass is 9.94. The fourth-order valence-corrected chi connectivity index (χ4v) is 5.77. The quantitative estimate of drug-likeness (QED) is 0.560. The largest absolute Gasteiger partial charge is 0.491 e. The summed E-state index contributed by atoms with van der Waals surface area (Å²) in [6.45, 7) is 6.28. The summed E-state index contributed by atoms with van der Waals surface area (Å²) in [5.41, 5.74) is 2.07. The molecule has 1 radical (unpaired) electrons. The first-order chi connectivity index (χ1) is 15.7. The molecule has 1 unspecified atom stereocenters. The first kappa shape index (κ1) is 21.8. The number of benzene rings is 2. The summed E-state index contributed by atoms with van der Waals surface area (Å²) in [5, 5.41) is 11.6. The molecule has 0 amide bonds. The molecule has 1 saturated heterocycles. The van der Waals surface area contributed by atoms with Crippen LogP contribution in [-0.4, -0.2) is 64.8 Å². The van der Waals surface area contributed by atoms with Gasteiger partial charge in [-0.2, -0.15) is 0 Å². The molecule has 1 saturated carbocycles. The Morgan fingerprint density at radius 1 is 1.06 bits per heavy atom. The minimum atomic E-state index is -0.504. The van der Waals surface area contributed by atoms with Crippen molar-refractivity contribution < 1.29 is 9.84 Å². The Balaban J connectivity index is 1.10. The molecule has 2 heterocycles. The predicted octanol–water partition coefficient (Wildman–Crippen LogP) is 4.82. The highest BCUT2D eigenvalue weighted by atomic mass is 32.1. The number of aliphatic hydroxyl groups is 1. The summed E-state index contributed by atoms with van der Waals surface area (Å²) in [6.07, 6.45) is 6.30. The van der Waals surface area contributed by atoms with Gasteiger partial charge in [-0.15, -0.1) is 11.3 Å². The molecule has 5 rings (SSSR count). The van der Waals surface area contributed by atoms with E-state index in [9.17, 15) is 5.11 Å². The van der Waals surface area contributed by atoms with Gasteiger partial charge < -0.3 is 9.84 Å². The number of piperazine rings is 1. The van der Waals surface area contributed by atoms with E-state index in [1.54, 1.807) is 11.3 Å². The number of fused-ring (bicyclic) bond motifs is 1. The Bertz CT molecular complexity index is 995. The molecular formula is C26H32N3O2S. The molecule has 1 aliphatic heterocycles. The van der Waals surface area contributed by atoms with Crippen molar-refractivity contribution in [3.63, 3.8) is 0 Å². The van der Waals surface area contributed by atoms with E-state index >= 15 is 0 Å². The Kier molecular flexibility index (Phi) is 7.03. The minimum absolute atomic E-state index is 0.296.